The number of pyridine rings is 1. The summed E-state index contributed by atoms with van der Waals surface area (Å²) in [5, 5.41) is 0. The molecule has 90 valence electrons. The second-order valence-electron chi connectivity index (χ2n) is 5.44. The Morgan fingerprint density at radius 2 is 2.06 bits per heavy atom. The Hall–Kier alpha value is -1.09. The molecule has 0 radical (unpaired) electrons. The number of hydrogen-bond acceptors (Lipinski definition) is 3. The Morgan fingerprint density at radius 3 is 2.62 bits per heavy atom. The van der Waals surface area contributed by atoms with Crippen LogP contribution in [-0.2, 0) is 6.42 Å². The Balaban J connectivity index is 2.85. The fourth-order valence-electron chi connectivity index (χ4n) is 1.91. The van der Waals surface area contributed by atoms with Gasteiger partial charge in [0, 0.05) is 19.8 Å². The summed E-state index contributed by atoms with van der Waals surface area (Å²) in [6.45, 7) is 8.35. The Labute approximate surface area is 98.7 Å². The van der Waals surface area contributed by atoms with Crippen molar-refractivity contribution in [3.05, 3.63) is 23.9 Å². The highest BCUT2D eigenvalue weighted by Gasteiger charge is 2.16. The maximum Gasteiger partial charge on any atom is 0.131 e. The van der Waals surface area contributed by atoms with Crippen molar-refractivity contribution in [1.29, 1.82) is 0 Å². The first-order chi connectivity index (χ1) is 7.44. The number of hydrogen-bond donors (Lipinski definition) is 1. The van der Waals surface area contributed by atoms with E-state index in [4.69, 9.17) is 5.73 Å². The minimum atomic E-state index is 0.270. The van der Waals surface area contributed by atoms with Crippen molar-refractivity contribution in [2.24, 2.45) is 11.1 Å². The summed E-state index contributed by atoms with van der Waals surface area (Å²) in [6, 6.07) is 4.08. The highest BCUT2D eigenvalue weighted by atomic mass is 15.2. The predicted octanol–water partition coefficient (Wildman–Crippen LogP) is 2.07. The van der Waals surface area contributed by atoms with Gasteiger partial charge in [-0.2, -0.15) is 0 Å². The monoisotopic (exact) mass is 221 g/mol. The fourth-order valence-corrected chi connectivity index (χ4v) is 1.91. The van der Waals surface area contributed by atoms with E-state index in [2.05, 4.69) is 43.8 Å². The summed E-state index contributed by atoms with van der Waals surface area (Å²) in [4.78, 5) is 6.67. The van der Waals surface area contributed by atoms with Crippen LogP contribution in [0.5, 0.6) is 0 Å². The van der Waals surface area contributed by atoms with Crippen LogP contribution in [0, 0.1) is 5.41 Å². The molecule has 0 fully saturated rings. The van der Waals surface area contributed by atoms with E-state index in [9.17, 15) is 0 Å². The van der Waals surface area contributed by atoms with E-state index in [1.165, 1.54) is 5.56 Å². The largest absolute Gasteiger partial charge is 0.359 e. The normalized spacial score (nSPS) is 11.6. The van der Waals surface area contributed by atoms with Crippen LogP contribution < -0.4 is 10.6 Å². The third-order valence-electron chi connectivity index (χ3n) is 2.35. The minimum Gasteiger partial charge on any atom is -0.359 e. The molecule has 3 nitrogen and oxygen atoms in total. The molecule has 0 saturated carbocycles. The van der Waals surface area contributed by atoms with Crippen molar-refractivity contribution < 1.29 is 0 Å². The maximum absolute atomic E-state index is 5.61. The number of anilines is 1. The Morgan fingerprint density at radius 1 is 1.38 bits per heavy atom. The quantitative estimate of drug-likeness (QED) is 0.846. The summed E-state index contributed by atoms with van der Waals surface area (Å²) in [6.07, 6.45) is 2.73. The zero-order valence-corrected chi connectivity index (χ0v) is 10.8. The van der Waals surface area contributed by atoms with Crippen LogP contribution in [0.4, 0.5) is 5.82 Å². The number of nitrogens with zero attached hydrogens (tertiary/aromatic N) is 2. The van der Waals surface area contributed by atoms with Crippen LogP contribution in [0.15, 0.2) is 18.3 Å². The van der Waals surface area contributed by atoms with Gasteiger partial charge in [-0.15, -0.1) is 0 Å². The van der Waals surface area contributed by atoms with Crippen molar-refractivity contribution in [2.45, 2.75) is 27.2 Å². The zero-order chi connectivity index (χ0) is 12.2. The Kier molecular flexibility index (Phi) is 4.30. The van der Waals surface area contributed by atoms with E-state index in [0.29, 0.717) is 6.54 Å². The standard InChI is InChI=1S/C13H23N3/c1-13(2,3)10-16(4)12-11(7-8-14)6-5-9-15-12/h5-6,9H,7-8,10,14H2,1-4H3. The van der Waals surface area contributed by atoms with Crippen LogP contribution in [0.2, 0.25) is 0 Å². The number of rotatable bonds is 4. The molecule has 1 aromatic rings. The lowest BCUT2D eigenvalue weighted by molar-refractivity contribution is 0.417. The van der Waals surface area contributed by atoms with Gasteiger partial charge >= 0.3 is 0 Å². The highest BCUT2D eigenvalue weighted by Crippen LogP contribution is 2.21. The van der Waals surface area contributed by atoms with E-state index in [0.717, 1.165) is 18.8 Å². The van der Waals surface area contributed by atoms with Gasteiger partial charge in [0.25, 0.3) is 0 Å². The zero-order valence-electron chi connectivity index (χ0n) is 10.8. The molecule has 1 heterocycles. The van der Waals surface area contributed by atoms with E-state index in [1.807, 2.05) is 12.3 Å². The van der Waals surface area contributed by atoms with Crippen LogP contribution in [-0.4, -0.2) is 25.1 Å². The number of aromatic nitrogens is 1. The van der Waals surface area contributed by atoms with Crippen LogP contribution in [0.1, 0.15) is 26.3 Å². The summed E-state index contributed by atoms with van der Waals surface area (Å²) in [7, 11) is 2.09. The van der Waals surface area contributed by atoms with Gasteiger partial charge in [-0.3, -0.25) is 0 Å². The van der Waals surface area contributed by atoms with E-state index in [1.54, 1.807) is 0 Å². The lowest BCUT2D eigenvalue weighted by Gasteiger charge is -2.28. The molecule has 0 amide bonds. The van der Waals surface area contributed by atoms with Gasteiger partial charge < -0.3 is 10.6 Å². The molecule has 0 aliphatic carbocycles. The van der Waals surface area contributed by atoms with Crippen LogP contribution in [0.3, 0.4) is 0 Å². The van der Waals surface area contributed by atoms with E-state index < -0.39 is 0 Å². The molecule has 3 heteroatoms. The summed E-state index contributed by atoms with van der Waals surface area (Å²) >= 11 is 0. The van der Waals surface area contributed by atoms with Gasteiger partial charge in [-0.05, 0) is 30.0 Å². The molecule has 0 aliphatic rings. The molecular formula is C13H23N3. The summed E-state index contributed by atoms with van der Waals surface area (Å²) in [5.41, 5.74) is 7.11. The average Bonchev–Trinajstić information content (AvgIpc) is 2.16. The molecule has 0 aliphatic heterocycles. The first-order valence-electron chi connectivity index (χ1n) is 5.79. The third kappa shape index (κ3) is 3.81. The number of nitrogens with two attached hydrogens (primary N) is 1. The van der Waals surface area contributed by atoms with Crippen molar-refractivity contribution in [3.63, 3.8) is 0 Å². The van der Waals surface area contributed by atoms with Gasteiger partial charge in [-0.1, -0.05) is 26.8 Å². The second-order valence-corrected chi connectivity index (χ2v) is 5.44. The van der Waals surface area contributed by atoms with E-state index >= 15 is 0 Å². The topological polar surface area (TPSA) is 42.2 Å². The second kappa shape index (κ2) is 5.30. The highest BCUT2D eigenvalue weighted by molar-refractivity contribution is 5.46. The molecule has 2 N–H and O–H groups in total. The molecular weight excluding hydrogens is 198 g/mol. The molecule has 0 saturated heterocycles. The summed E-state index contributed by atoms with van der Waals surface area (Å²) in [5.74, 6) is 1.06. The van der Waals surface area contributed by atoms with Gasteiger partial charge in [0.2, 0.25) is 0 Å². The van der Waals surface area contributed by atoms with Crippen LogP contribution >= 0.6 is 0 Å². The van der Waals surface area contributed by atoms with Crippen molar-refractivity contribution in [2.75, 3.05) is 25.0 Å². The Bertz CT molecular complexity index is 328. The van der Waals surface area contributed by atoms with E-state index in [-0.39, 0.29) is 5.41 Å². The predicted molar refractivity (Wildman–Crippen MR) is 69.7 cm³/mol. The molecule has 0 bridgehead atoms. The first kappa shape index (κ1) is 13.0. The molecule has 16 heavy (non-hydrogen) atoms. The summed E-state index contributed by atoms with van der Waals surface area (Å²) < 4.78 is 0. The van der Waals surface area contributed by atoms with Gasteiger partial charge in [0.15, 0.2) is 0 Å². The van der Waals surface area contributed by atoms with Gasteiger partial charge in [0.05, 0.1) is 0 Å². The molecule has 0 atom stereocenters. The minimum absolute atomic E-state index is 0.270. The average molecular weight is 221 g/mol. The lowest BCUT2D eigenvalue weighted by Crippen LogP contribution is -2.30. The smallest absolute Gasteiger partial charge is 0.131 e. The van der Waals surface area contributed by atoms with Crippen LogP contribution in [0.25, 0.3) is 0 Å². The maximum atomic E-state index is 5.61. The molecule has 0 unspecified atom stereocenters. The first-order valence-corrected chi connectivity index (χ1v) is 5.79. The molecule has 1 rings (SSSR count). The third-order valence-corrected chi connectivity index (χ3v) is 2.35. The van der Waals surface area contributed by atoms with Crippen molar-refractivity contribution in [3.8, 4) is 0 Å². The molecule has 1 aromatic heterocycles. The van der Waals surface area contributed by atoms with Crippen molar-refractivity contribution in [1.82, 2.24) is 4.98 Å². The van der Waals surface area contributed by atoms with Gasteiger partial charge in [0.1, 0.15) is 5.82 Å². The molecule has 0 aromatic carbocycles. The van der Waals surface area contributed by atoms with Gasteiger partial charge in [-0.25, -0.2) is 4.98 Å². The molecule has 0 spiro atoms. The fraction of sp³-hybridized carbons (Fsp3) is 0.615. The lowest BCUT2D eigenvalue weighted by atomic mass is 9.96. The van der Waals surface area contributed by atoms with Crippen molar-refractivity contribution >= 4 is 5.82 Å². The SMILES string of the molecule is CN(CC(C)(C)C)c1ncccc1CCN.